The Hall–Kier alpha value is -1.23. The highest BCUT2D eigenvalue weighted by molar-refractivity contribution is 6.30. The van der Waals surface area contributed by atoms with Crippen LogP contribution >= 0.6 is 11.6 Å². The molecule has 0 unspecified atom stereocenters. The van der Waals surface area contributed by atoms with Crippen LogP contribution in [-0.4, -0.2) is 11.1 Å². The summed E-state index contributed by atoms with van der Waals surface area (Å²) >= 11 is 5.33. The van der Waals surface area contributed by atoms with Crippen molar-refractivity contribution in [2.75, 3.05) is 0 Å². The van der Waals surface area contributed by atoms with Gasteiger partial charge in [0.25, 0.3) is 0 Å². The molecule has 0 radical (unpaired) electrons. The molecule has 0 saturated heterocycles. The molecule has 6 heteroatoms. The van der Waals surface area contributed by atoms with E-state index in [4.69, 9.17) is 16.7 Å². The molecule has 0 aliphatic carbocycles. The fourth-order valence-electron chi connectivity index (χ4n) is 0.937. The smallest absolute Gasteiger partial charge is 0.417 e. The van der Waals surface area contributed by atoms with Crippen molar-refractivity contribution in [3.63, 3.8) is 0 Å². The van der Waals surface area contributed by atoms with E-state index in [0.717, 1.165) is 12.1 Å². The number of hydrogen-bond donors (Lipinski definition) is 1. The van der Waals surface area contributed by atoms with E-state index in [9.17, 15) is 18.0 Å². The van der Waals surface area contributed by atoms with Crippen LogP contribution in [0.5, 0.6) is 0 Å². The second kappa shape index (κ2) is 3.49. The molecule has 0 amide bonds. The third-order valence-corrected chi connectivity index (χ3v) is 1.75. The largest absolute Gasteiger partial charge is 0.478 e. The van der Waals surface area contributed by atoms with Crippen LogP contribution in [-0.2, 0) is 6.18 Å². The average Bonchev–Trinajstić information content (AvgIpc) is 2.01. The van der Waals surface area contributed by atoms with Crippen molar-refractivity contribution in [3.8, 4) is 0 Å². The summed E-state index contributed by atoms with van der Waals surface area (Å²) in [4.78, 5) is 10.4. The van der Waals surface area contributed by atoms with Crippen molar-refractivity contribution < 1.29 is 23.1 Å². The molecule has 0 fully saturated rings. The number of alkyl halides is 3. The van der Waals surface area contributed by atoms with Crippen molar-refractivity contribution in [1.29, 1.82) is 0 Å². The number of halogens is 4. The summed E-state index contributed by atoms with van der Waals surface area (Å²) in [7, 11) is 0. The predicted molar refractivity (Wildman–Crippen MR) is 43.4 cm³/mol. The van der Waals surface area contributed by atoms with E-state index in [2.05, 4.69) is 0 Å². The van der Waals surface area contributed by atoms with Gasteiger partial charge < -0.3 is 5.11 Å². The average molecular weight is 225 g/mol. The molecule has 0 spiro atoms. The zero-order valence-electron chi connectivity index (χ0n) is 6.60. The summed E-state index contributed by atoms with van der Waals surface area (Å²) in [6.45, 7) is 0. The van der Waals surface area contributed by atoms with Crippen LogP contribution in [0, 0.1) is 0 Å². The van der Waals surface area contributed by atoms with Gasteiger partial charge >= 0.3 is 12.1 Å². The van der Waals surface area contributed by atoms with Gasteiger partial charge in [0.1, 0.15) is 0 Å². The minimum Gasteiger partial charge on any atom is -0.478 e. The van der Waals surface area contributed by atoms with Gasteiger partial charge in [0, 0.05) is 5.02 Å². The lowest BCUT2D eigenvalue weighted by Gasteiger charge is -2.09. The molecule has 1 aromatic carbocycles. The lowest BCUT2D eigenvalue weighted by atomic mass is 10.1. The summed E-state index contributed by atoms with van der Waals surface area (Å²) < 4.78 is 36.8. The van der Waals surface area contributed by atoms with Gasteiger partial charge in [-0.15, -0.1) is 0 Å². The quantitative estimate of drug-likeness (QED) is 0.796. The Balaban J connectivity index is 3.38. The van der Waals surface area contributed by atoms with E-state index in [-0.39, 0.29) is 5.02 Å². The summed E-state index contributed by atoms with van der Waals surface area (Å²) in [5.74, 6) is -1.63. The highest BCUT2D eigenvalue weighted by Gasteiger charge is 2.35. The fourth-order valence-corrected chi connectivity index (χ4v) is 1.11. The molecule has 1 rings (SSSR count). The fraction of sp³-hybridized carbons (Fsp3) is 0.125. The topological polar surface area (TPSA) is 37.3 Å². The number of benzene rings is 1. The highest BCUT2D eigenvalue weighted by Crippen LogP contribution is 2.33. The monoisotopic (exact) mass is 224 g/mol. The lowest BCUT2D eigenvalue weighted by molar-refractivity contribution is -0.138. The van der Waals surface area contributed by atoms with Crippen molar-refractivity contribution in [1.82, 2.24) is 0 Å². The van der Waals surface area contributed by atoms with Crippen LogP contribution in [0.15, 0.2) is 18.2 Å². The van der Waals surface area contributed by atoms with Gasteiger partial charge in [-0.25, -0.2) is 4.79 Å². The van der Waals surface area contributed by atoms with Crippen LogP contribution in [0.3, 0.4) is 0 Å². The molecule has 1 N–H and O–H groups in total. The maximum atomic E-state index is 12.3. The van der Waals surface area contributed by atoms with Crippen LogP contribution in [0.25, 0.3) is 0 Å². The van der Waals surface area contributed by atoms with Crippen LogP contribution in [0.2, 0.25) is 5.02 Å². The summed E-state index contributed by atoms with van der Waals surface area (Å²) in [5.41, 5.74) is -2.04. The van der Waals surface area contributed by atoms with Gasteiger partial charge in [-0.3, -0.25) is 0 Å². The minimum atomic E-state index is -4.71. The maximum absolute atomic E-state index is 12.3. The van der Waals surface area contributed by atoms with Crippen molar-refractivity contribution in [2.45, 2.75) is 6.18 Å². The molecule has 0 aromatic heterocycles. The van der Waals surface area contributed by atoms with Crippen molar-refractivity contribution >= 4 is 17.6 Å². The number of hydrogen-bond acceptors (Lipinski definition) is 1. The van der Waals surface area contributed by atoms with E-state index >= 15 is 0 Å². The lowest BCUT2D eigenvalue weighted by Crippen LogP contribution is -2.12. The second-order valence-corrected chi connectivity index (χ2v) is 2.93. The predicted octanol–water partition coefficient (Wildman–Crippen LogP) is 3.06. The number of rotatable bonds is 1. The number of carboxylic acid groups (broad SMARTS) is 1. The number of carboxylic acids is 1. The van der Waals surface area contributed by atoms with E-state index < -0.39 is 23.3 Å². The summed E-state index contributed by atoms with van der Waals surface area (Å²) in [6, 6.07) is 2.51. The van der Waals surface area contributed by atoms with E-state index in [1.54, 1.807) is 0 Å². The Bertz CT molecular complexity index is 373. The second-order valence-electron chi connectivity index (χ2n) is 2.49. The molecule has 76 valence electrons. The molecule has 0 saturated carbocycles. The highest BCUT2D eigenvalue weighted by atomic mass is 35.5. The van der Waals surface area contributed by atoms with Crippen LogP contribution in [0.4, 0.5) is 13.2 Å². The van der Waals surface area contributed by atoms with Gasteiger partial charge in [0.2, 0.25) is 0 Å². The van der Waals surface area contributed by atoms with Crippen molar-refractivity contribution in [3.05, 3.63) is 34.3 Å². The first kappa shape index (κ1) is 10.8. The van der Waals surface area contributed by atoms with E-state index in [1.165, 1.54) is 0 Å². The Morgan fingerprint density at radius 3 is 2.36 bits per heavy atom. The Labute approximate surface area is 81.9 Å². The Morgan fingerprint density at radius 2 is 1.93 bits per heavy atom. The first-order chi connectivity index (χ1) is 6.32. The zero-order chi connectivity index (χ0) is 10.9. The number of aromatic carboxylic acids is 1. The Kier molecular flexibility index (Phi) is 2.71. The van der Waals surface area contributed by atoms with Crippen LogP contribution in [0.1, 0.15) is 15.9 Å². The first-order valence-corrected chi connectivity index (χ1v) is 3.80. The van der Waals surface area contributed by atoms with E-state index in [0.29, 0.717) is 6.07 Å². The maximum Gasteiger partial charge on any atom is 0.417 e. The standard InChI is InChI=1S/C8H4ClF3O2/c9-4-1-2-5(7(13)14)6(3-4)8(10,11)12/h1-3H,(H,13,14). The molecule has 0 bridgehead atoms. The SMILES string of the molecule is O=C(O)c1ccc(Cl)cc1C(F)(F)F. The first-order valence-electron chi connectivity index (χ1n) is 3.42. The zero-order valence-corrected chi connectivity index (χ0v) is 7.36. The number of carbonyl (C=O) groups is 1. The molecule has 0 atom stereocenters. The molecular weight excluding hydrogens is 221 g/mol. The summed E-state index contributed by atoms with van der Waals surface area (Å²) in [5, 5.41) is 8.33. The normalized spacial score (nSPS) is 11.4. The third kappa shape index (κ3) is 2.17. The van der Waals surface area contributed by atoms with Gasteiger partial charge in [0.15, 0.2) is 0 Å². The van der Waals surface area contributed by atoms with Crippen molar-refractivity contribution in [2.24, 2.45) is 0 Å². The molecule has 2 nitrogen and oxygen atoms in total. The van der Waals surface area contributed by atoms with Gasteiger partial charge in [0.05, 0.1) is 11.1 Å². The van der Waals surface area contributed by atoms with Crippen LogP contribution < -0.4 is 0 Å². The van der Waals surface area contributed by atoms with Gasteiger partial charge in [-0.2, -0.15) is 13.2 Å². The molecule has 0 aliphatic heterocycles. The van der Waals surface area contributed by atoms with Gasteiger partial charge in [-0.05, 0) is 18.2 Å². The molecule has 0 heterocycles. The molecule has 14 heavy (non-hydrogen) atoms. The molecular formula is C8H4ClF3O2. The van der Waals surface area contributed by atoms with E-state index in [1.807, 2.05) is 0 Å². The van der Waals surface area contributed by atoms with Gasteiger partial charge in [-0.1, -0.05) is 11.6 Å². The Morgan fingerprint density at radius 1 is 1.36 bits per heavy atom. The summed E-state index contributed by atoms with van der Waals surface area (Å²) in [6.07, 6.45) is -4.71. The third-order valence-electron chi connectivity index (χ3n) is 1.52. The molecule has 1 aromatic rings. The minimum absolute atomic E-state index is 0.151. The molecule has 0 aliphatic rings.